The van der Waals surface area contributed by atoms with Gasteiger partial charge in [0.1, 0.15) is 11.9 Å². The molecule has 0 saturated heterocycles. The number of hydrogen-bond acceptors (Lipinski definition) is 3. The van der Waals surface area contributed by atoms with Crippen LogP contribution in [0.25, 0.3) is 0 Å². The van der Waals surface area contributed by atoms with Crippen LogP contribution >= 0.6 is 0 Å². The summed E-state index contributed by atoms with van der Waals surface area (Å²) in [6.07, 6.45) is -4.54. The predicted octanol–water partition coefficient (Wildman–Crippen LogP) is 2.93. The fraction of sp³-hybridized carbons (Fsp3) is 0.500. The van der Waals surface area contributed by atoms with Gasteiger partial charge in [0.25, 0.3) is 0 Å². The van der Waals surface area contributed by atoms with Crippen molar-refractivity contribution in [3.63, 3.8) is 0 Å². The van der Waals surface area contributed by atoms with Crippen LogP contribution in [0.15, 0.2) is 12.1 Å². The highest BCUT2D eigenvalue weighted by Gasteiger charge is 2.35. The summed E-state index contributed by atoms with van der Waals surface area (Å²) < 4.78 is 40.8. The van der Waals surface area contributed by atoms with Gasteiger partial charge in [-0.25, -0.2) is 4.68 Å². The van der Waals surface area contributed by atoms with E-state index in [9.17, 15) is 18.0 Å². The molecule has 2 heterocycles. The zero-order valence-corrected chi connectivity index (χ0v) is 13.3. The molecule has 0 spiro atoms. The van der Waals surface area contributed by atoms with Crippen molar-refractivity contribution in [1.29, 1.82) is 0 Å². The minimum atomic E-state index is -4.54. The summed E-state index contributed by atoms with van der Waals surface area (Å²) in [4.78, 5) is 12.3. The van der Waals surface area contributed by atoms with Crippen LogP contribution in [0.5, 0.6) is 0 Å². The smallest absolute Gasteiger partial charge is 0.309 e. The predicted molar refractivity (Wildman–Crippen MR) is 77.9 cm³/mol. The first-order chi connectivity index (χ1) is 10.6. The van der Waals surface area contributed by atoms with Gasteiger partial charge >= 0.3 is 6.18 Å². The second-order valence-corrected chi connectivity index (χ2v) is 5.27. The van der Waals surface area contributed by atoms with Crippen LogP contribution in [0.3, 0.4) is 0 Å². The lowest BCUT2D eigenvalue weighted by molar-refractivity contribution is -0.141. The summed E-state index contributed by atoms with van der Waals surface area (Å²) in [6.45, 7) is 7.20. The SMILES string of the molecule is CCn1nc(C)cc1NC(=O)[C@H](C)n1nc(C(F)(F)F)cc1C. The molecular formula is C14H18F3N5O. The number of halogens is 3. The quantitative estimate of drug-likeness (QED) is 0.938. The van der Waals surface area contributed by atoms with Crippen LogP contribution in [0, 0.1) is 13.8 Å². The van der Waals surface area contributed by atoms with Crippen molar-refractivity contribution in [1.82, 2.24) is 19.6 Å². The van der Waals surface area contributed by atoms with Crippen molar-refractivity contribution >= 4 is 11.7 Å². The van der Waals surface area contributed by atoms with Gasteiger partial charge in [0.2, 0.25) is 5.91 Å². The van der Waals surface area contributed by atoms with Crippen molar-refractivity contribution < 1.29 is 18.0 Å². The van der Waals surface area contributed by atoms with E-state index in [0.717, 1.165) is 16.4 Å². The number of aryl methyl sites for hydroxylation is 3. The number of nitrogens with one attached hydrogen (secondary N) is 1. The molecule has 2 rings (SSSR count). The highest BCUT2D eigenvalue weighted by molar-refractivity contribution is 5.92. The fourth-order valence-corrected chi connectivity index (χ4v) is 2.25. The lowest BCUT2D eigenvalue weighted by Gasteiger charge is -2.15. The van der Waals surface area contributed by atoms with Gasteiger partial charge in [-0.3, -0.25) is 9.48 Å². The van der Waals surface area contributed by atoms with Gasteiger partial charge in [0.05, 0.1) is 5.69 Å². The van der Waals surface area contributed by atoms with E-state index in [1.165, 1.54) is 13.8 Å². The molecule has 0 fully saturated rings. The Morgan fingerprint density at radius 1 is 1.30 bits per heavy atom. The second kappa shape index (κ2) is 6.05. The van der Waals surface area contributed by atoms with Crippen LogP contribution < -0.4 is 5.32 Å². The molecule has 0 aromatic carbocycles. The average molecular weight is 329 g/mol. The van der Waals surface area contributed by atoms with Crippen molar-refractivity contribution in [3.8, 4) is 0 Å². The largest absolute Gasteiger partial charge is 0.435 e. The monoisotopic (exact) mass is 329 g/mol. The normalized spacial score (nSPS) is 13.2. The Labute approximate surface area is 131 Å². The number of nitrogens with zero attached hydrogens (tertiary/aromatic N) is 4. The molecule has 1 amide bonds. The van der Waals surface area contributed by atoms with Gasteiger partial charge in [-0.15, -0.1) is 0 Å². The number of alkyl halides is 3. The molecular weight excluding hydrogens is 311 g/mol. The maximum Gasteiger partial charge on any atom is 0.435 e. The molecule has 0 saturated carbocycles. The number of amides is 1. The lowest BCUT2D eigenvalue weighted by atomic mass is 10.3. The average Bonchev–Trinajstić information content (AvgIpc) is 3.00. The first-order valence-electron chi connectivity index (χ1n) is 7.12. The molecule has 126 valence electrons. The third kappa shape index (κ3) is 3.54. The third-order valence-electron chi connectivity index (χ3n) is 3.41. The Balaban J connectivity index is 2.21. The molecule has 0 aliphatic carbocycles. The van der Waals surface area contributed by atoms with E-state index in [1.807, 2.05) is 6.92 Å². The van der Waals surface area contributed by atoms with Gasteiger partial charge in [0, 0.05) is 18.3 Å². The zero-order chi connectivity index (χ0) is 17.4. The van der Waals surface area contributed by atoms with E-state index in [1.54, 1.807) is 17.7 Å². The Morgan fingerprint density at radius 3 is 2.48 bits per heavy atom. The van der Waals surface area contributed by atoms with Gasteiger partial charge in [-0.1, -0.05) is 0 Å². The minimum Gasteiger partial charge on any atom is -0.309 e. The second-order valence-electron chi connectivity index (χ2n) is 5.27. The summed E-state index contributed by atoms with van der Waals surface area (Å²) >= 11 is 0. The Morgan fingerprint density at radius 2 is 1.96 bits per heavy atom. The molecule has 1 N–H and O–H groups in total. The Bertz CT molecular complexity index is 717. The maximum absolute atomic E-state index is 12.7. The van der Waals surface area contributed by atoms with Gasteiger partial charge < -0.3 is 5.32 Å². The number of hydrogen-bond donors (Lipinski definition) is 1. The van der Waals surface area contributed by atoms with Crippen molar-refractivity contribution in [3.05, 3.63) is 29.2 Å². The summed E-state index contributed by atoms with van der Waals surface area (Å²) in [5.74, 6) is 0.0437. The number of rotatable bonds is 4. The van der Waals surface area contributed by atoms with E-state index in [-0.39, 0.29) is 5.69 Å². The lowest BCUT2D eigenvalue weighted by Crippen LogP contribution is -2.26. The van der Waals surface area contributed by atoms with Gasteiger partial charge in [-0.05, 0) is 33.8 Å². The highest BCUT2D eigenvalue weighted by atomic mass is 19.4. The number of carbonyl (C=O) groups is 1. The molecule has 2 aromatic rings. The van der Waals surface area contributed by atoms with Crippen LogP contribution in [-0.2, 0) is 17.5 Å². The standard InChI is InChI=1S/C14H18F3N5O/c1-5-21-12(6-8(2)19-21)18-13(23)10(4)22-9(3)7-11(20-22)14(15,16)17/h6-7,10H,5H2,1-4H3,(H,18,23)/t10-/m0/s1. The van der Waals surface area contributed by atoms with Crippen molar-refractivity contribution in [2.75, 3.05) is 5.32 Å². The topological polar surface area (TPSA) is 64.7 Å². The van der Waals surface area contributed by atoms with Gasteiger partial charge in [0.15, 0.2) is 5.69 Å². The van der Waals surface area contributed by atoms with E-state index < -0.39 is 23.8 Å². The molecule has 0 aliphatic heterocycles. The number of aromatic nitrogens is 4. The summed E-state index contributed by atoms with van der Waals surface area (Å²) in [6, 6.07) is 1.74. The van der Waals surface area contributed by atoms with E-state index in [2.05, 4.69) is 15.5 Å². The van der Waals surface area contributed by atoms with Crippen LogP contribution in [0.2, 0.25) is 0 Å². The highest BCUT2D eigenvalue weighted by Crippen LogP contribution is 2.29. The van der Waals surface area contributed by atoms with Crippen molar-refractivity contribution in [2.45, 2.75) is 46.5 Å². The molecule has 0 unspecified atom stereocenters. The summed E-state index contributed by atoms with van der Waals surface area (Å²) in [5, 5.41) is 10.4. The van der Waals surface area contributed by atoms with Gasteiger partial charge in [-0.2, -0.15) is 23.4 Å². The van der Waals surface area contributed by atoms with Crippen molar-refractivity contribution in [2.24, 2.45) is 0 Å². The van der Waals surface area contributed by atoms with Crippen LogP contribution in [-0.4, -0.2) is 25.5 Å². The van der Waals surface area contributed by atoms with E-state index in [4.69, 9.17) is 0 Å². The zero-order valence-electron chi connectivity index (χ0n) is 13.3. The van der Waals surface area contributed by atoms with Crippen LogP contribution in [0.4, 0.5) is 19.0 Å². The molecule has 0 radical (unpaired) electrons. The molecule has 2 aromatic heterocycles. The molecule has 0 aliphatic rings. The Kier molecular flexibility index (Phi) is 4.49. The Hall–Kier alpha value is -2.32. The molecule has 23 heavy (non-hydrogen) atoms. The minimum absolute atomic E-state index is 0.264. The summed E-state index contributed by atoms with van der Waals surface area (Å²) in [7, 11) is 0. The molecule has 9 heteroatoms. The molecule has 6 nitrogen and oxygen atoms in total. The first kappa shape index (κ1) is 17.0. The fourth-order valence-electron chi connectivity index (χ4n) is 2.25. The molecule has 0 bridgehead atoms. The maximum atomic E-state index is 12.7. The van der Waals surface area contributed by atoms with E-state index >= 15 is 0 Å². The van der Waals surface area contributed by atoms with Crippen LogP contribution in [0.1, 0.15) is 37.0 Å². The summed E-state index contributed by atoms with van der Waals surface area (Å²) in [5.41, 5.74) is -0.00585. The third-order valence-corrected chi connectivity index (χ3v) is 3.41. The first-order valence-corrected chi connectivity index (χ1v) is 7.12. The molecule has 1 atom stereocenters. The van der Waals surface area contributed by atoms with E-state index in [0.29, 0.717) is 12.4 Å². The number of carbonyl (C=O) groups excluding carboxylic acids is 1. The number of anilines is 1.